The Labute approximate surface area is 160 Å². The molecule has 0 saturated heterocycles. The van der Waals surface area contributed by atoms with E-state index in [0.717, 1.165) is 17.3 Å². The van der Waals surface area contributed by atoms with Crippen LogP contribution in [0, 0.1) is 0 Å². The number of hydrazone groups is 1. The number of hydrogen-bond donors (Lipinski definition) is 0. The van der Waals surface area contributed by atoms with Crippen molar-refractivity contribution >= 4 is 40.6 Å². The van der Waals surface area contributed by atoms with Gasteiger partial charge in [-0.2, -0.15) is 5.10 Å². The SMILES string of the molecule is O=C1c2ccccc2C(=O)N1CCSC1=Nc2ccccc2[C@H]2CC=NN12. The Hall–Kier alpha value is -2.93. The third-order valence-corrected chi connectivity index (χ3v) is 5.89. The topological polar surface area (TPSA) is 65.3 Å². The van der Waals surface area contributed by atoms with Crippen molar-refractivity contribution in [2.24, 2.45) is 10.1 Å². The van der Waals surface area contributed by atoms with Crippen molar-refractivity contribution in [1.29, 1.82) is 0 Å². The number of fused-ring (bicyclic) bond motifs is 4. The molecule has 3 aliphatic rings. The molecule has 0 aromatic heterocycles. The van der Waals surface area contributed by atoms with Crippen LogP contribution in [-0.4, -0.2) is 45.4 Å². The van der Waals surface area contributed by atoms with Gasteiger partial charge in [0.1, 0.15) is 0 Å². The molecular formula is C20H16N4O2S. The second kappa shape index (κ2) is 6.35. The molecule has 0 radical (unpaired) electrons. The fraction of sp³-hybridized carbons (Fsp3) is 0.200. The summed E-state index contributed by atoms with van der Waals surface area (Å²) in [5, 5.41) is 7.21. The van der Waals surface area contributed by atoms with Crippen molar-refractivity contribution in [3.63, 3.8) is 0 Å². The number of hydrogen-bond acceptors (Lipinski definition) is 6. The van der Waals surface area contributed by atoms with E-state index in [9.17, 15) is 9.59 Å². The van der Waals surface area contributed by atoms with E-state index in [1.165, 1.54) is 22.2 Å². The highest BCUT2D eigenvalue weighted by atomic mass is 32.2. The maximum atomic E-state index is 12.5. The van der Waals surface area contributed by atoms with Gasteiger partial charge in [0.05, 0.1) is 22.9 Å². The molecule has 0 spiro atoms. The molecule has 0 saturated carbocycles. The van der Waals surface area contributed by atoms with Crippen molar-refractivity contribution in [3.8, 4) is 0 Å². The maximum absolute atomic E-state index is 12.5. The van der Waals surface area contributed by atoms with Crippen LogP contribution >= 0.6 is 11.8 Å². The van der Waals surface area contributed by atoms with E-state index in [1.807, 2.05) is 29.4 Å². The van der Waals surface area contributed by atoms with Gasteiger partial charge < -0.3 is 0 Å². The molecule has 27 heavy (non-hydrogen) atoms. The van der Waals surface area contributed by atoms with Crippen molar-refractivity contribution < 1.29 is 9.59 Å². The first-order valence-electron chi connectivity index (χ1n) is 8.81. The molecule has 3 heterocycles. The number of carbonyl (C=O) groups excluding carboxylic acids is 2. The number of rotatable bonds is 3. The fourth-order valence-corrected chi connectivity index (χ4v) is 4.58. The highest BCUT2D eigenvalue weighted by molar-refractivity contribution is 8.13. The van der Waals surface area contributed by atoms with Gasteiger partial charge in [-0.15, -0.1) is 0 Å². The van der Waals surface area contributed by atoms with Gasteiger partial charge in [-0.3, -0.25) is 14.5 Å². The molecule has 3 aliphatic heterocycles. The van der Waals surface area contributed by atoms with E-state index in [0.29, 0.717) is 23.4 Å². The Morgan fingerprint density at radius 2 is 1.70 bits per heavy atom. The molecular weight excluding hydrogens is 360 g/mol. The van der Waals surface area contributed by atoms with E-state index >= 15 is 0 Å². The largest absolute Gasteiger partial charge is 0.273 e. The predicted octanol–water partition coefficient (Wildman–Crippen LogP) is 3.45. The summed E-state index contributed by atoms with van der Waals surface area (Å²) < 4.78 is 0. The quantitative estimate of drug-likeness (QED) is 0.770. The molecule has 134 valence electrons. The highest BCUT2D eigenvalue weighted by Crippen LogP contribution is 2.40. The lowest BCUT2D eigenvalue weighted by molar-refractivity contribution is 0.0664. The lowest BCUT2D eigenvalue weighted by Gasteiger charge is -2.30. The third-order valence-electron chi connectivity index (χ3n) is 4.96. The van der Waals surface area contributed by atoms with E-state index in [1.54, 1.807) is 24.3 Å². The van der Waals surface area contributed by atoms with Crippen LogP contribution < -0.4 is 0 Å². The summed E-state index contributed by atoms with van der Waals surface area (Å²) in [6.45, 7) is 0.347. The molecule has 0 N–H and O–H groups in total. The summed E-state index contributed by atoms with van der Waals surface area (Å²) in [7, 11) is 0. The van der Waals surface area contributed by atoms with Crippen LogP contribution in [-0.2, 0) is 0 Å². The smallest absolute Gasteiger partial charge is 0.261 e. The van der Waals surface area contributed by atoms with Crippen LogP contribution in [0.4, 0.5) is 5.69 Å². The summed E-state index contributed by atoms with van der Waals surface area (Å²) in [6, 6.07) is 15.2. The fourth-order valence-electron chi connectivity index (χ4n) is 3.65. The third kappa shape index (κ3) is 2.57. The number of carbonyl (C=O) groups is 2. The zero-order chi connectivity index (χ0) is 18.4. The average molecular weight is 376 g/mol. The Bertz CT molecular complexity index is 982. The molecule has 0 unspecified atom stereocenters. The minimum atomic E-state index is -0.218. The molecule has 2 aromatic carbocycles. The van der Waals surface area contributed by atoms with Crippen LogP contribution in [0.1, 0.15) is 38.7 Å². The van der Waals surface area contributed by atoms with Gasteiger partial charge in [0.15, 0.2) is 5.17 Å². The van der Waals surface area contributed by atoms with Crippen molar-refractivity contribution in [2.45, 2.75) is 12.5 Å². The van der Waals surface area contributed by atoms with Crippen molar-refractivity contribution in [2.75, 3.05) is 12.3 Å². The summed E-state index contributed by atoms with van der Waals surface area (Å²) in [5.41, 5.74) is 3.12. The number of imide groups is 1. The molecule has 0 fully saturated rings. The number of amidine groups is 1. The van der Waals surface area contributed by atoms with Gasteiger partial charge in [0.25, 0.3) is 11.8 Å². The Balaban J connectivity index is 1.31. The first-order valence-corrected chi connectivity index (χ1v) is 9.80. The van der Waals surface area contributed by atoms with E-state index in [2.05, 4.69) is 11.2 Å². The second-order valence-electron chi connectivity index (χ2n) is 6.50. The van der Waals surface area contributed by atoms with Crippen LogP contribution in [0.5, 0.6) is 0 Å². The minimum Gasteiger partial charge on any atom is -0.273 e. The van der Waals surface area contributed by atoms with Gasteiger partial charge in [0.2, 0.25) is 0 Å². The van der Waals surface area contributed by atoms with Gasteiger partial charge in [-0.25, -0.2) is 10.0 Å². The van der Waals surface area contributed by atoms with E-state index in [4.69, 9.17) is 4.99 Å². The summed E-state index contributed by atoms with van der Waals surface area (Å²) in [5.74, 6) is 0.138. The standard InChI is InChI=1S/C20H16N4O2S/c25-18-13-5-1-2-6-14(13)19(26)23(18)11-12-27-20-22-16-8-4-3-7-15(16)17-9-10-21-24(17)20/h1-8,10,17H,9,11-12H2/t17-/m1/s1. The van der Waals surface area contributed by atoms with Crippen LogP contribution in [0.15, 0.2) is 58.6 Å². The number of nitrogens with zero attached hydrogens (tertiary/aromatic N) is 4. The monoisotopic (exact) mass is 376 g/mol. The number of amides is 2. The van der Waals surface area contributed by atoms with Gasteiger partial charge in [0, 0.05) is 30.5 Å². The Morgan fingerprint density at radius 3 is 2.48 bits per heavy atom. The predicted molar refractivity (Wildman–Crippen MR) is 105 cm³/mol. The molecule has 5 rings (SSSR count). The van der Waals surface area contributed by atoms with Gasteiger partial charge in [-0.05, 0) is 18.2 Å². The highest BCUT2D eigenvalue weighted by Gasteiger charge is 2.36. The van der Waals surface area contributed by atoms with Gasteiger partial charge >= 0.3 is 0 Å². The summed E-state index contributed by atoms with van der Waals surface area (Å²) >= 11 is 1.52. The molecule has 7 heteroatoms. The Morgan fingerprint density at radius 1 is 1.00 bits per heavy atom. The number of benzene rings is 2. The van der Waals surface area contributed by atoms with Crippen LogP contribution in [0.2, 0.25) is 0 Å². The summed E-state index contributed by atoms with van der Waals surface area (Å²) in [4.78, 5) is 31.0. The van der Waals surface area contributed by atoms with Crippen LogP contribution in [0.3, 0.4) is 0 Å². The number of thioether (sulfide) groups is 1. The number of para-hydroxylation sites is 1. The molecule has 6 nitrogen and oxygen atoms in total. The molecule has 1 atom stereocenters. The molecule has 2 amide bonds. The summed E-state index contributed by atoms with van der Waals surface area (Å²) in [6.07, 6.45) is 2.77. The molecule has 0 aliphatic carbocycles. The minimum absolute atomic E-state index is 0.181. The number of aliphatic imine (C=N–C) groups is 1. The molecule has 2 aromatic rings. The van der Waals surface area contributed by atoms with E-state index in [-0.39, 0.29) is 17.9 Å². The first-order chi connectivity index (χ1) is 13.2. The zero-order valence-corrected chi connectivity index (χ0v) is 15.2. The second-order valence-corrected chi connectivity index (χ2v) is 7.57. The van der Waals surface area contributed by atoms with Gasteiger partial charge in [-0.1, -0.05) is 42.1 Å². The normalized spacial score (nSPS) is 19.9. The lowest BCUT2D eigenvalue weighted by Crippen LogP contribution is -2.33. The molecule has 0 bridgehead atoms. The van der Waals surface area contributed by atoms with Crippen LogP contribution in [0.25, 0.3) is 0 Å². The van der Waals surface area contributed by atoms with Crippen molar-refractivity contribution in [3.05, 3.63) is 65.2 Å². The Kier molecular flexibility index (Phi) is 3.82. The maximum Gasteiger partial charge on any atom is 0.261 e. The zero-order valence-electron chi connectivity index (χ0n) is 14.4. The average Bonchev–Trinajstić information content (AvgIpc) is 3.28. The van der Waals surface area contributed by atoms with Crippen molar-refractivity contribution in [1.82, 2.24) is 9.91 Å². The lowest BCUT2D eigenvalue weighted by atomic mass is 10.0. The first kappa shape index (κ1) is 16.3. The van der Waals surface area contributed by atoms with E-state index < -0.39 is 0 Å².